The van der Waals surface area contributed by atoms with Gasteiger partial charge in [-0.15, -0.1) is 0 Å². The third kappa shape index (κ3) is 3.92. The first-order valence-corrected chi connectivity index (χ1v) is 7.15. The molecule has 1 N–H and O–H groups in total. The van der Waals surface area contributed by atoms with E-state index in [1.54, 1.807) is 12.3 Å². The molecule has 0 fully saturated rings. The summed E-state index contributed by atoms with van der Waals surface area (Å²) in [6, 6.07) is 6.85. The van der Waals surface area contributed by atoms with Gasteiger partial charge in [0.15, 0.2) is 0 Å². The van der Waals surface area contributed by atoms with Crippen LogP contribution >= 0.6 is 11.6 Å². The van der Waals surface area contributed by atoms with Crippen molar-refractivity contribution in [2.45, 2.75) is 13.8 Å². The Bertz CT molecular complexity index is 611. The molecule has 0 aromatic carbocycles. The molecule has 21 heavy (non-hydrogen) atoms. The highest BCUT2D eigenvalue weighted by Crippen LogP contribution is 2.15. The van der Waals surface area contributed by atoms with E-state index in [0.717, 1.165) is 18.9 Å². The minimum atomic E-state index is -0.310. The molecular formula is C15H17ClN4O. The Morgan fingerprint density at radius 3 is 2.57 bits per heavy atom. The Labute approximate surface area is 129 Å². The van der Waals surface area contributed by atoms with Crippen LogP contribution in [0.5, 0.6) is 0 Å². The van der Waals surface area contributed by atoms with Gasteiger partial charge < -0.3 is 10.2 Å². The summed E-state index contributed by atoms with van der Waals surface area (Å²) in [5.41, 5.74) is 0.896. The van der Waals surface area contributed by atoms with E-state index < -0.39 is 0 Å². The normalized spacial score (nSPS) is 10.2. The third-order valence-corrected chi connectivity index (χ3v) is 3.28. The lowest BCUT2D eigenvalue weighted by molar-refractivity contribution is 0.102. The monoisotopic (exact) mass is 304 g/mol. The second-order valence-corrected chi connectivity index (χ2v) is 4.83. The summed E-state index contributed by atoms with van der Waals surface area (Å²) in [6.07, 6.45) is 3.13. The molecule has 5 nitrogen and oxygen atoms in total. The molecule has 0 aliphatic heterocycles. The zero-order valence-corrected chi connectivity index (χ0v) is 12.8. The molecule has 0 saturated heterocycles. The van der Waals surface area contributed by atoms with Crippen LogP contribution in [-0.4, -0.2) is 29.0 Å². The molecule has 0 radical (unpaired) electrons. The number of amides is 1. The van der Waals surface area contributed by atoms with Crippen molar-refractivity contribution in [3.05, 3.63) is 47.4 Å². The van der Waals surface area contributed by atoms with Gasteiger partial charge in [0.2, 0.25) is 0 Å². The fourth-order valence-electron chi connectivity index (χ4n) is 1.92. The van der Waals surface area contributed by atoms with Crippen molar-refractivity contribution < 1.29 is 4.79 Å². The fourth-order valence-corrected chi connectivity index (χ4v) is 2.08. The Hall–Kier alpha value is -2.14. The Morgan fingerprint density at radius 2 is 2.00 bits per heavy atom. The van der Waals surface area contributed by atoms with E-state index in [9.17, 15) is 4.79 Å². The number of hydrogen-bond donors (Lipinski definition) is 1. The first-order valence-electron chi connectivity index (χ1n) is 6.78. The van der Waals surface area contributed by atoms with Gasteiger partial charge in [0.25, 0.3) is 5.91 Å². The van der Waals surface area contributed by atoms with Gasteiger partial charge in [0.05, 0.1) is 11.9 Å². The number of nitrogens with zero attached hydrogens (tertiary/aromatic N) is 3. The highest BCUT2D eigenvalue weighted by molar-refractivity contribution is 6.30. The van der Waals surface area contributed by atoms with Gasteiger partial charge >= 0.3 is 0 Å². The first kappa shape index (κ1) is 15.3. The van der Waals surface area contributed by atoms with Crippen molar-refractivity contribution >= 4 is 29.0 Å². The van der Waals surface area contributed by atoms with E-state index in [1.165, 1.54) is 12.3 Å². The summed E-state index contributed by atoms with van der Waals surface area (Å²) in [5, 5.41) is 3.22. The van der Waals surface area contributed by atoms with Gasteiger partial charge in [-0.05, 0) is 38.1 Å². The van der Waals surface area contributed by atoms with Crippen molar-refractivity contribution in [3.63, 3.8) is 0 Å². The molecule has 2 aromatic rings. The zero-order chi connectivity index (χ0) is 15.2. The number of aromatic nitrogens is 2. The average Bonchev–Trinajstić information content (AvgIpc) is 2.50. The smallest absolute Gasteiger partial charge is 0.274 e. The summed E-state index contributed by atoms with van der Waals surface area (Å²) in [5.74, 6) is 0.578. The fraction of sp³-hybridized carbons (Fsp3) is 0.267. The molecule has 0 bridgehead atoms. The molecular weight excluding hydrogens is 288 g/mol. The van der Waals surface area contributed by atoms with E-state index in [2.05, 4.69) is 34.0 Å². The lowest BCUT2D eigenvalue weighted by Gasteiger charge is -2.19. The molecule has 6 heteroatoms. The molecule has 2 rings (SSSR count). The van der Waals surface area contributed by atoms with E-state index in [4.69, 9.17) is 11.6 Å². The minimum absolute atomic E-state index is 0.273. The standard InChI is InChI=1S/C15H17ClN4O/c1-3-20(4-2)14-6-5-12(10-18-14)19-15(21)13-9-11(16)7-8-17-13/h5-10H,3-4H2,1-2H3,(H,19,21). The van der Waals surface area contributed by atoms with E-state index in [0.29, 0.717) is 10.7 Å². The molecule has 0 atom stereocenters. The van der Waals surface area contributed by atoms with Gasteiger partial charge in [-0.1, -0.05) is 11.6 Å². The highest BCUT2D eigenvalue weighted by atomic mass is 35.5. The highest BCUT2D eigenvalue weighted by Gasteiger charge is 2.09. The molecule has 1 amide bonds. The van der Waals surface area contributed by atoms with Gasteiger partial charge in [0.1, 0.15) is 11.5 Å². The molecule has 2 heterocycles. The maximum Gasteiger partial charge on any atom is 0.274 e. The molecule has 2 aromatic heterocycles. The molecule has 0 aliphatic carbocycles. The largest absolute Gasteiger partial charge is 0.357 e. The third-order valence-electron chi connectivity index (χ3n) is 3.05. The van der Waals surface area contributed by atoms with Crippen molar-refractivity contribution in [3.8, 4) is 0 Å². The Balaban J connectivity index is 2.08. The second-order valence-electron chi connectivity index (χ2n) is 4.39. The predicted molar refractivity (Wildman–Crippen MR) is 85.0 cm³/mol. The number of carbonyl (C=O) groups is 1. The number of anilines is 2. The number of rotatable bonds is 5. The minimum Gasteiger partial charge on any atom is -0.357 e. The number of hydrogen-bond acceptors (Lipinski definition) is 4. The summed E-state index contributed by atoms with van der Waals surface area (Å²) in [4.78, 5) is 22.5. The maximum absolute atomic E-state index is 12.0. The summed E-state index contributed by atoms with van der Waals surface area (Å²) in [6.45, 7) is 5.93. The lowest BCUT2D eigenvalue weighted by atomic mass is 10.3. The Morgan fingerprint density at radius 1 is 1.24 bits per heavy atom. The van der Waals surface area contributed by atoms with Crippen molar-refractivity contribution in [2.75, 3.05) is 23.3 Å². The van der Waals surface area contributed by atoms with Crippen LogP contribution in [0.25, 0.3) is 0 Å². The quantitative estimate of drug-likeness (QED) is 0.921. The van der Waals surface area contributed by atoms with Gasteiger partial charge in [-0.2, -0.15) is 0 Å². The van der Waals surface area contributed by atoms with Crippen molar-refractivity contribution in [2.24, 2.45) is 0 Å². The molecule has 0 spiro atoms. The molecule has 0 unspecified atom stereocenters. The van der Waals surface area contributed by atoms with E-state index in [-0.39, 0.29) is 11.6 Å². The number of halogens is 1. The van der Waals surface area contributed by atoms with Crippen LogP contribution in [0.1, 0.15) is 24.3 Å². The van der Waals surface area contributed by atoms with E-state index in [1.807, 2.05) is 12.1 Å². The van der Waals surface area contributed by atoms with Crippen LogP contribution in [0.15, 0.2) is 36.7 Å². The first-order chi connectivity index (χ1) is 10.1. The lowest BCUT2D eigenvalue weighted by Crippen LogP contribution is -2.23. The van der Waals surface area contributed by atoms with Crippen LogP contribution < -0.4 is 10.2 Å². The number of carbonyl (C=O) groups excluding carboxylic acids is 1. The summed E-state index contributed by atoms with van der Waals surface area (Å²) in [7, 11) is 0. The van der Waals surface area contributed by atoms with Crippen LogP contribution in [-0.2, 0) is 0 Å². The second kappa shape index (κ2) is 7.04. The number of nitrogens with one attached hydrogen (secondary N) is 1. The average molecular weight is 305 g/mol. The van der Waals surface area contributed by atoms with E-state index >= 15 is 0 Å². The van der Waals surface area contributed by atoms with Gasteiger partial charge in [0, 0.05) is 24.3 Å². The van der Waals surface area contributed by atoms with Crippen LogP contribution in [0.4, 0.5) is 11.5 Å². The topological polar surface area (TPSA) is 58.1 Å². The molecule has 0 saturated carbocycles. The van der Waals surface area contributed by atoms with Crippen LogP contribution in [0, 0.1) is 0 Å². The molecule has 110 valence electrons. The predicted octanol–water partition coefficient (Wildman–Crippen LogP) is 3.23. The van der Waals surface area contributed by atoms with Gasteiger partial charge in [-0.25, -0.2) is 4.98 Å². The van der Waals surface area contributed by atoms with Crippen molar-refractivity contribution in [1.29, 1.82) is 0 Å². The van der Waals surface area contributed by atoms with Crippen LogP contribution in [0.2, 0.25) is 5.02 Å². The zero-order valence-electron chi connectivity index (χ0n) is 12.0. The maximum atomic E-state index is 12.0. The molecule has 0 aliphatic rings. The number of pyridine rings is 2. The Kier molecular flexibility index (Phi) is 5.11. The SMILES string of the molecule is CCN(CC)c1ccc(NC(=O)c2cc(Cl)ccn2)cn1. The summed E-state index contributed by atoms with van der Waals surface area (Å²) < 4.78 is 0. The van der Waals surface area contributed by atoms with Gasteiger partial charge in [-0.3, -0.25) is 9.78 Å². The van der Waals surface area contributed by atoms with Crippen molar-refractivity contribution in [1.82, 2.24) is 9.97 Å². The van der Waals surface area contributed by atoms with Crippen LogP contribution in [0.3, 0.4) is 0 Å². The summed E-state index contributed by atoms with van der Waals surface area (Å²) >= 11 is 5.84.